The molecular weight excluding hydrogens is 393 g/mol. The zero-order valence-corrected chi connectivity index (χ0v) is 21.4. The van der Waals surface area contributed by atoms with Crippen LogP contribution in [-0.2, 0) is 4.74 Å². The number of quaternary nitrogens is 1. The Labute approximate surface area is 188 Å². The minimum absolute atomic E-state index is 0.110. The van der Waals surface area contributed by atoms with Gasteiger partial charge in [0.05, 0.1) is 35.5 Å². The SMILES string of the molecule is CCCCCCCC/C=C\CCCCCCCCOCC[P+]([O-])=C(O)C[N+](C)(C)C. The number of aliphatic hydroxyl groups is 1. The molecule has 178 valence electrons. The molecule has 1 atom stereocenters. The summed E-state index contributed by atoms with van der Waals surface area (Å²) in [4.78, 5) is 12.0. The maximum Gasteiger partial charge on any atom is 0.274 e. The van der Waals surface area contributed by atoms with Gasteiger partial charge in [-0.15, -0.1) is 0 Å². The molecule has 0 aromatic heterocycles. The fraction of sp³-hybridized carbons (Fsp3) is 0.880. The normalized spacial score (nSPS) is 13.3. The molecule has 0 saturated heterocycles. The zero-order chi connectivity index (χ0) is 22.5. The second-order valence-electron chi connectivity index (χ2n) is 9.52. The summed E-state index contributed by atoms with van der Waals surface area (Å²) in [6.07, 6.45) is 23.5. The summed E-state index contributed by atoms with van der Waals surface area (Å²) in [7, 11) is 4.25. The number of rotatable bonds is 21. The topological polar surface area (TPSA) is 52.5 Å². The van der Waals surface area contributed by atoms with Gasteiger partial charge in [-0.2, -0.15) is 0 Å². The van der Waals surface area contributed by atoms with Crippen molar-refractivity contribution >= 4 is 13.3 Å². The number of likely N-dealkylation sites (N-methyl/N-ethyl adjacent to an activating group) is 1. The predicted octanol–water partition coefficient (Wildman–Crippen LogP) is 6.01. The van der Waals surface area contributed by atoms with E-state index in [0.717, 1.165) is 13.0 Å². The van der Waals surface area contributed by atoms with E-state index in [1.165, 1.54) is 83.5 Å². The molecule has 0 saturated carbocycles. The summed E-state index contributed by atoms with van der Waals surface area (Å²) in [6, 6.07) is 0. The number of allylic oxidation sites excluding steroid dienone is 2. The summed E-state index contributed by atoms with van der Waals surface area (Å²) in [5.41, 5.74) is 0.110. The van der Waals surface area contributed by atoms with E-state index in [9.17, 15) is 10.00 Å². The minimum atomic E-state index is -1.68. The minimum Gasteiger partial charge on any atom is -0.628 e. The van der Waals surface area contributed by atoms with Crippen LogP contribution in [0.4, 0.5) is 0 Å². The molecular formula is C25H51NO3P+. The molecule has 30 heavy (non-hydrogen) atoms. The van der Waals surface area contributed by atoms with E-state index < -0.39 is 7.77 Å². The number of nitrogens with zero attached hydrogens (tertiary/aromatic N) is 1. The highest BCUT2D eigenvalue weighted by molar-refractivity contribution is 7.51. The third kappa shape index (κ3) is 22.4. The summed E-state index contributed by atoms with van der Waals surface area (Å²) < 4.78 is 6.17. The molecule has 1 unspecified atom stereocenters. The van der Waals surface area contributed by atoms with Gasteiger partial charge in [-0.05, 0) is 32.1 Å². The summed E-state index contributed by atoms with van der Waals surface area (Å²) >= 11 is 0. The molecule has 0 rings (SSSR count). The van der Waals surface area contributed by atoms with Gasteiger partial charge in [-0.25, -0.2) is 0 Å². The Morgan fingerprint density at radius 3 is 1.83 bits per heavy atom. The van der Waals surface area contributed by atoms with Gasteiger partial charge in [0.15, 0.2) is 6.54 Å². The zero-order valence-electron chi connectivity index (χ0n) is 20.5. The fourth-order valence-corrected chi connectivity index (χ4v) is 4.47. The number of unbranched alkanes of at least 4 members (excludes halogenated alkanes) is 12. The molecule has 0 heterocycles. The van der Waals surface area contributed by atoms with E-state index in [2.05, 4.69) is 19.1 Å². The molecule has 0 bridgehead atoms. The van der Waals surface area contributed by atoms with Crippen molar-refractivity contribution in [3.63, 3.8) is 0 Å². The van der Waals surface area contributed by atoms with Crippen molar-refractivity contribution in [2.75, 3.05) is 47.1 Å². The van der Waals surface area contributed by atoms with E-state index in [1.807, 2.05) is 21.1 Å². The molecule has 0 spiro atoms. The van der Waals surface area contributed by atoms with Gasteiger partial charge >= 0.3 is 0 Å². The van der Waals surface area contributed by atoms with Gasteiger partial charge in [0.25, 0.3) is 5.48 Å². The monoisotopic (exact) mass is 444 g/mol. The van der Waals surface area contributed by atoms with Gasteiger partial charge in [0.1, 0.15) is 6.16 Å². The van der Waals surface area contributed by atoms with Crippen LogP contribution in [0.3, 0.4) is 0 Å². The highest BCUT2D eigenvalue weighted by Gasteiger charge is 2.16. The average molecular weight is 445 g/mol. The summed E-state index contributed by atoms with van der Waals surface area (Å²) in [5, 5.41) is 9.86. The van der Waals surface area contributed by atoms with E-state index in [4.69, 9.17) is 4.74 Å². The third-order valence-corrected chi connectivity index (χ3v) is 6.45. The van der Waals surface area contributed by atoms with Gasteiger partial charge in [0, 0.05) is 6.61 Å². The van der Waals surface area contributed by atoms with Crippen molar-refractivity contribution in [3.05, 3.63) is 12.2 Å². The molecule has 0 aromatic carbocycles. The molecule has 0 radical (unpaired) electrons. The quantitative estimate of drug-likeness (QED) is 0.102. The van der Waals surface area contributed by atoms with Crippen LogP contribution >= 0.6 is 7.77 Å². The molecule has 0 aromatic rings. The van der Waals surface area contributed by atoms with Crippen molar-refractivity contribution in [2.24, 2.45) is 0 Å². The van der Waals surface area contributed by atoms with Gasteiger partial charge in [0.2, 0.25) is 0 Å². The molecule has 0 aliphatic rings. The van der Waals surface area contributed by atoms with Crippen molar-refractivity contribution in [1.82, 2.24) is 0 Å². The van der Waals surface area contributed by atoms with Crippen LogP contribution in [0.15, 0.2) is 12.2 Å². The molecule has 0 amide bonds. The highest BCUT2D eigenvalue weighted by atomic mass is 31.1. The first-order chi connectivity index (χ1) is 14.4. The Hall–Kier alpha value is -0.250. The standard InChI is InChI=1S/C25H50NO3P/c1-5-6-7-8-9-10-11-12-13-14-15-16-17-18-19-20-21-29-22-23-30(28)25(27)24-26(2,3)4/h12-13H,5-11,14-24H2,1-4H3/p+1/b13-12-. The number of hydrogen-bond donors (Lipinski definition) is 1. The van der Waals surface area contributed by atoms with Crippen molar-refractivity contribution in [1.29, 1.82) is 0 Å². The Kier molecular flexibility index (Phi) is 20.5. The Morgan fingerprint density at radius 1 is 0.800 bits per heavy atom. The van der Waals surface area contributed by atoms with E-state index >= 15 is 0 Å². The molecule has 0 fully saturated rings. The third-order valence-electron chi connectivity index (χ3n) is 5.14. The van der Waals surface area contributed by atoms with Gasteiger partial charge < -0.3 is 19.2 Å². The van der Waals surface area contributed by atoms with Crippen LogP contribution in [0, 0.1) is 0 Å². The molecule has 0 aliphatic heterocycles. The van der Waals surface area contributed by atoms with Crippen molar-refractivity contribution in [3.8, 4) is 0 Å². The predicted molar refractivity (Wildman–Crippen MR) is 132 cm³/mol. The smallest absolute Gasteiger partial charge is 0.274 e. The van der Waals surface area contributed by atoms with Gasteiger partial charge in [-0.3, -0.25) is 0 Å². The maximum absolute atomic E-state index is 12.0. The maximum atomic E-state index is 12.0. The van der Waals surface area contributed by atoms with Crippen LogP contribution in [0.2, 0.25) is 0 Å². The van der Waals surface area contributed by atoms with Crippen LogP contribution < -0.4 is 4.89 Å². The largest absolute Gasteiger partial charge is 0.628 e. The Morgan fingerprint density at radius 2 is 1.30 bits per heavy atom. The lowest BCUT2D eigenvalue weighted by Crippen LogP contribution is -2.39. The first-order valence-electron chi connectivity index (χ1n) is 12.4. The first-order valence-corrected chi connectivity index (χ1v) is 13.8. The lowest BCUT2D eigenvalue weighted by molar-refractivity contribution is -0.861. The van der Waals surface area contributed by atoms with Crippen LogP contribution in [0.1, 0.15) is 96.8 Å². The molecule has 4 nitrogen and oxygen atoms in total. The fourth-order valence-electron chi connectivity index (χ4n) is 3.33. The Balaban J connectivity index is 3.35. The number of ether oxygens (including phenoxy) is 1. The molecule has 1 N–H and O–H groups in total. The van der Waals surface area contributed by atoms with Gasteiger partial charge in [-0.1, -0.05) is 76.9 Å². The van der Waals surface area contributed by atoms with Crippen LogP contribution in [0.25, 0.3) is 0 Å². The lowest BCUT2D eigenvalue weighted by Gasteiger charge is -2.22. The number of aliphatic hydroxyl groups excluding tert-OH is 1. The first kappa shape index (κ1) is 29.8. The second-order valence-corrected chi connectivity index (χ2v) is 11.2. The van der Waals surface area contributed by atoms with Crippen molar-refractivity contribution < 1.29 is 19.2 Å². The lowest BCUT2D eigenvalue weighted by atomic mass is 10.1. The summed E-state index contributed by atoms with van der Waals surface area (Å²) in [5.74, 6) is 0. The van der Waals surface area contributed by atoms with E-state index in [0.29, 0.717) is 23.8 Å². The van der Waals surface area contributed by atoms with E-state index in [-0.39, 0.29) is 5.48 Å². The van der Waals surface area contributed by atoms with E-state index in [1.54, 1.807) is 0 Å². The van der Waals surface area contributed by atoms with Crippen LogP contribution in [-0.4, -0.2) is 62.1 Å². The summed E-state index contributed by atoms with van der Waals surface area (Å²) in [6.45, 7) is 3.92. The van der Waals surface area contributed by atoms with Crippen LogP contribution in [0.5, 0.6) is 0 Å². The second kappa shape index (κ2) is 20.6. The van der Waals surface area contributed by atoms with Crippen molar-refractivity contribution in [2.45, 2.75) is 96.8 Å². The number of hydrogen-bond acceptors (Lipinski definition) is 2. The molecule has 5 heteroatoms. The Bertz CT molecular complexity index is 444. The highest BCUT2D eigenvalue weighted by Crippen LogP contribution is 2.14. The molecule has 0 aliphatic carbocycles. The average Bonchev–Trinajstić information content (AvgIpc) is 2.68.